The van der Waals surface area contributed by atoms with Gasteiger partial charge in [-0.25, -0.2) is 13.1 Å². The number of nitroso groups, excluding NO2 is 1. The Morgan fingerprint density at radius 1 is 0.966 bits per heavy atom. The Morgan fingerprint density at radius 2 is 1.69 bits per heavy atom. The summed E-state index contributed by atoms with van der Waals surface area (Å²) in [7, 11) is -3.49. The Bertz CT molecular complexity index is 687. The summed E-state index contributed by atoms with van der Waals surface area (Å²) in [6, 6.07) is -0.200. The summed E-state index contributed by atoms with van der Waals surface area (Å²) >= 11 is 10.0. The number of carbonyl (C=O) groups is 1. The number of alkyl halides is 2. The van der Waals surface area contributed by atoms with Gasteiger partial charge in [-0.05, 0) is 63.0 Å². The van der Waals surface area contributed by atoms with E-state index < -0.39 is 21.2 Å². The van der Waals surface area contributed by atoms with Gasteiger partial charge in [-0.3, -0.25) is 4.79 Å². The molecule has 3 aliphatic carbocycles. The molecule has 5 atom stereocenters. The Morgan fingerprint density at radius 3 is 2.38 bits per heavy atom. The van der Waals surface area contributed by atoms with Crippen LogP contribution in [0.4, 0.5) is 0 Å². The van der Waals surface area contributed by atoms with Crippen molar-refractivity contribution in [3.05, 3.63) is 4.91 Å². The van der Waals surface area contributed by atoms with Crippen molar-refractivity contribution in [1.29, 1.82) is 0 Å². The van der Waals surface area contributed by atoms with Crippen molar-refractivity contribution in [1.82, 2.24) is 10.0 Å². The van der Waals surface area contributed by atoms with Crippen molar-refractivity contribution >= 4 is 43.5 Å². The van der Waals surface area contributed by atoms with Crippen LogP contribution in [0.5, 0.6) is 0 Å². The molecule has 3 saturated carbocycles. The average Bonchev–Trinajstić information content (AvgIpc) is 2.69. The lowest BCUT2D eigenvalue weighted by Crippen LogP contribution is -2.74. The molecule has 29 heavy (non-hydrogen) atoms. The zero-order chi connectivity index (χ0) is 21.0. The van der Waals surface area contributed by atoms with E-state index in [0.717, 1.165) is 44.9 Å². The number of hydrogen-bond donors (Lipinski definition) is 3. The maximum Gasteiger partial charge on any atom is 0.224 e. The summed E-state index contributed by atoms with van der Waals surface area (Å²) in [5, 5.41) is 4.12. The lowest BCUT2D eigenvalue weighted by molar-refractivity contribution is -0.529. The van der Waals surface area contributed by atoms with Gasteiger partial charge in [0.1, 0.15) is 0 Å². The van der Waals surface area contributed by atoms with Crippen LogP contribution in [0.15, 0.2) is 0 Å². The first-order valence-corrected chi connectivity index (χ1v) is 13.7. The minimum atomic E-state index is -3.49. The van der Waals surface area contributed by atoms with Crippen LogP contribution >= 0.6 is 27.5 Å². The second kappa shape index (κ2) is 10.4. The van der Waals surface area contributed by atoms with E-state index in [-0.39, 0.29) is 35.8 Å². The molecule has 0 spiro atoms. The number of hydrogen-bond acceptors (Lipinski definition) is 4. The normalized spacial score (nSPS) is 38.9. The van der Waals surface area contributed by atoms with E-state index in [1.807, 2.05) is 5.18 Å². The van der Waals surface area contributed by atoms with E-state index in [2.05, 4.69) is 26.0 Å². The molecule has 0 heterocycles. The molecule has 10 heteroatoms. The van der Waals surface area contributed by atoms with Crippen molar-refractivity contribution in [2.75, 3.05) is 0 Å². The van der Waals surface area contributed by atoms with Gasteiger partial charge in [-0.15, -0.1) is 11.6 Å². The molecule has 7 nitrogen and oxygen atoms in total. The average molecular weight is 514 g/mol. The van der Waals surface area contributed by atoms with E-state index in [0.29, 0.717) is 24.1 Å². The molecule has 0 aliphatic heterocycles. The second-order valence-electron chi connectivity index (χ2n) is 8.86. The molecule has 1 amide bonds. The van der Waals surface area contributed by atoms with Gasteiger partial charge in [0, 0.05) is 40.0 Å². The summed E-state index contributed by atoms with van der Waals surface area (Å²) in [5.74, 6) is -0.702. The molecule has 3 rings (SSSR count). The van der Waals surface area contributed by atoms with E-state index in [9.17, 15) is 18.1 Å². The fraction of sp³-hybridized carbons (Fsp3) is 0.947. The molecule has 0 aromatic rings. The molecule has 5 unspecified atom stereocenters. The lowest BCUT2D eigenvalue weighted by Gasteiger charge is -2.35. The van der Waals surface area contributed by atoms with E-state index in [4.69, 9.17) is 11.6 Å². The van der Waals surface area contributed by atoms with Gasteiger partial charge in [0.05, 0.1) is 11.2 Å². The molecule has 166 valence electrons. The van der Waals surface area contributed by atoms with Crippen LogP contribution in [0, 0.1) is 10.8 Å². The molecule has 0 aromatic carbocycles. The third-order valence-corrected chi connectivity index (χ3v) is 10.1. The quantitative estimate of drug-likeness (QED) is 0.470. The maximum atomic E-state index is 12.9. The van der Waals surface area contributed by atoms with Gasteiger partial charge in [-0.2, -0.15) is 0 Å². The van der Waals surface area contributed by atoms with Gasteiger partial charge in [0.25, 0.3) is 0 Å². The SMILES string of the molecule is O=[NH+]C1CCCC(NC(=O)C2CC(S(=O)(=O)NC3CCC(Br)CC3)CCC2Cl)C1. The molecule has 3 aliphatic rings. The molecule has 0 bridgehead atoms. The van der Waals surface area contributed by atoms with Crippen LogP contribution in [0.25, 0.3) is 0 Å². The van der Waals surface area contributed by atoms with Crippen molar-refractivity contribution in [2.45, 2.75) is 104 Å². The molecule has 0 aromatic heterocycles. The minimum absolute atomic E-state index is 0.0198. The van der Waals surface area contributed by atoms with Crippen molar-refractivity contribution < 1.29 is 18.4 Å². The topological polar surface area (TPSA) is 106 Å². The van der Waals surface area contributed by atoms with Crippen molar-refractivity contribution in [3.8, 4) is 0 Å². The summed E-state index contributed by atoms with van der Waals surface area (Å²) in [6.45, 7) is 0. The van der Waals surface area contributed by atoms with Crippen molar-refractivity contribution in [2.24, 2.45) is 5.92 Å². The fourth-order valence-corrected chi connectivity index (χ4v) is 7.56. The Balaban J connectivity index is 1.57. The number of sulfonamides is 1. The van der Waals surface area contributed by atoms with Gasteiger partial charge in [0.15, 0.2) is 0 Å². The first-order valence-electron chi connectivity index (χ1n) is 10.8. The second-order valence-corrected chi connectivity index (χ2v) is 12.7. The predicted octanol–water partition coefficient (Wildman–Crippen LogP) is 1.66. The Hall–Kier alpha value is -0.250. The lowest BCUT2D eigenvalue weighted by atomic mass is 9.86. The number of halogens is 2. The molecule has 3 fully saturated rings. The van der Waals surface area contributed by atoms with Crippen LogP contribution in [-0.4, -0.2) is 47.9 Å². The third-order valence-electron chi connectivity index (χ3n) is 6.67. The Labute approximate surface area is 186 Å². The van der Waals surface area contributed by atoms with Crippen LogP contribution in [-0.2, 0) is 14.8 Å². The highest BCUT2D eigenvalue weighted by atomic mass is 79.9. The summed E-state index contributed by atoms with van der Waals surface area (Å²) in [5.41, 5.74) is 0. The highest BCUT2D eigenvalue weighted by Crippen LogP contribution is 2.34. The highest BCUT2D eigenvalue weighted by Gasteiger charge is 2.41. The Kier molecular flexibility index (Phi) is 8.38. The standard InChI is InChI=1S/C19H31BrClN3O4S/c20-12-4-6-13(7-5-12)24-29(27,28)16-8-9-18(21)17(11-16)19(25)22-14-2-1-3-15(10-14)23-26/h12-18,24H,1-11H2,(H,22,25)/p+1. The van der Waals surface area contributed by atoms with Gasteiger partial charge < -0.3 is 5.32 Å². The smallest absolute Gasteiger partial charge is 0.224 e. The van der Waals surface area contributed by atoms with Crippen LogP contribution < -0.4 is 15.2 Å². The van der Waals surface area contributed by atoms with Gasteiger partial charge in [0.2, 0.25) is 22.0 Å². The summed E-state index contributed by atoms with van der Waals surface area (Å²) < 4.78 is 28.8. The molecule has 0 saturated heterocycles. The summed E-state index contributed by atoms with van der Waals surface area (Å²) in [6.07, 6.45) is 7.98. The zero-order valence-electron chi connectivity index (χ0n) is 16.6. The van der Waals surface area contributed by atoms with Crippen molar-refractivity contribution in [3.63, 3.8) is 0 Å². The predicted molar refractivity (Wildman–Crippen MR) is 116 cm³/mol. The highest BCUT2D eigenvalue weighted by molar-refractivity contribution is 9.09. The molecular weight excluding hydrogens is 482 g/mol. The first kappa shape index (κ1) is 23.4. The van der Waals surface area contributed by atoms with E-state index >= 15 is 0 Å². The molecule has 3 N–H and O–H groups in total. The molecule has 0 radical (unpaired) electrons. The largest absolute Gasteiger partial charge is 0.353 e. The first-order chi connectivity index (χ1) is 13.8. The monoisotopic (exact) mass is 512 g/mol. The third kappa shape index (κ3) is 6.37. The number of rotatable bonds is 6. The van der Waals surface area contributed by atoms with Crippen LogP contribution in [0.3, 0.4) is 0 Å². The fourth-order valence-electron chi connectivity index (χ4n) is 4.88. The maximum absolute atomic E-state index is 12.9. The zero-order valence-corrected chi connectivity index (χ0v) is 19.8. The van der Waals surface area contributed by atoms with Crippen LogP contribution in [0.1, 0.15) is 70.6 Å². The van der Waals surface area contributed by atoms with E-state index in [1.165, 1.54) is 0 Å². The number of amides is 1. The number of nitrogens with one attached hydrogen (secondary N) is 3. The van der Waals surface area contributed by atoms with Gasteiger partial charge in [-0.1, -0.05) is 15.9 Å². The number of carbonyl (C=O) groups excluding carboxylic acids is 1. The van der Waals surface area contributed by atoms with E-state index in [1.54, 1.807) is 0 Å². The molecular formula is C19H32BrClN3O4S+. The minimum Gasteiger partial charge on any atom is -0.353 e. The van der Waals surface area contributed by atoms with Gasteiger partial charge >= 0.3 is 0 Å². The van der Waals surface area contributed by atoms with Crippen LogP contribution in [0.2, 0.25) is 0 Å². The summed E-state index contributed by atoms with van der Waals surface area (Å²) in [4.78, 5) is 24.3.